The van der Waals surface area contributed by atoms with Gasteiger partial charge in [-0.3, -0.25) is 4.79 Å². The largest absolute Gasteiger partial charge is 0.302 e. The van der Waals surface area contributed by atoms with Crippen molar-refractivity contribution in [3.8, 4) is 0 Å². The summed E-state index contributed by atoms with van der Waals surface area (Å²) in [6, 6.07) is 15.2. The van der Waals surface area contributed by atoms with Gasteiger partial charge >= 0.3 is 0 Å². The van der Waals surface area contributed by atoms with Gasteiger partial charge in [0.05, 0.1) is 5.52 Å². The molecule has 1 atom stereocenters. The lowest BCUT2D eigenvalue weighted by Gasteiger charge is -2.25. The maximum Gasteiger partial charge on any atom is 0.270 e. The van der Waals surface area contributed by atoms with Gasteiger partial charge in [-0.2, -0.15) is 4.68 Å². The predicted molar refractivity (Wildman–Crippen MR) is 79.0 cm³/mol. The van der Waals surface area contributed by atoms with Crippen molar-refractivity contribution in [2.24, 2.45) is 0 Å². The first-order valence-electron chi connectivity index (χ1n) is 7.00. The van der Waals surface area contributed by atoms with E-state index in [1.165, 1.54) is 10.2 Å². The van der Waals surface area contributed by atoms with Crippen molar-refractivity contribution >= 4 is 16.9 Å². The second-order valence-electron chi connectivity index (χ2n) is 5.16. The highest BCUT2D eigenvalue weighted by atomic mass is 16.2. The molecule has 1 N–H and O–H groups in total. The number of hydrogen-bond donors (Lipinski definition) is 1. The minimum Gasteiger partial charge on any atom is -0.302 e. The van der Waals surface area contributed by atoms with Crippen molar-refractivity contribution in [1.29, 1.82) is 0 Å². The number of aromatic nitrogens is 3. The van der Waals surface area contributed by atoms with Gasteiger partial charge in [0.2, 0.25) is 0 Å². The SMILES string of the molecule is O=C(C1NCCc2ccccc21)n1nnc2ccccc21. The Kier molecular flexibility index (Phi) is 2.79. The topological polar surface area (TPSA) is 59.8 Å². The maximum atomic E-state index is 12.8. The molecule has 1 aliphatic heterocycles. The molecule has 2 aromatic carbocycles. The Morgan fingerprint density at radius 2 is 1.95 bits per heavy atom. The fourth-order valence-electron chi connectivity index (χ4n) is 2.88. The molecule has 1 aromatic heterocycles. The summed E-state index contributed by atoms with van der Waals surface area (Å²) in [4.78, 5) is 12.8. The Morgan fingerprint density at radius 3 is 2.90 bits per heavy atom. The molecule has 0 amide bonds. The third-order valence-corrected chi connectivity index (χ3v) is 3.92. The highest BCUT2D eigenvalue weighted by molar-refractivity contribution is 5.92. The van der Waals surface area contributed by atoms with E-state index < -0.39 is 0 Å². The van der Waals surface area contributed by atoms with Gasteiger partial charge in [-0.05, 0) is 29.7 Å². The molecule has 1 unspecified atom stereocenters. The van der Waals surface area contributed by atoms with Gasteiger partial charge in [-0.25, -0.2) is 0 Å². The number of carbonyl (C=O) groups excluding carboxylic acids is 1. The molecular formula is C16H14N4O. The molecule has 0 radical (unpaired) electrons. The molecule has 2 heterocycles. The molecular weight excluding hydrogens is 264 g/mol. The maximum absolute atomic E-state index is 12.8. The van der Waals surface area contributed by atoms with Crippen LogP contribution in [0, 0.1) is 0 Å². The quantitative estimate of drug-likeness (QED) is 0.739. The van der Waals surface area contributed by atoms with Crippen LogP contribution in [0.1, 0.15) is 22.0 Å². The van der Waals surface area contributed by atoms with Crippen LogP contribution >= 0.6 is 0 Å². The molecule has 104 valence electrons. The zero-order valence-corrected chi connectivity index (χ0v) is 11.4. The number of nitrogens with one attached hydrogen (secondary N) is 1. The average molecular weight is 278 g/mol. The van der Waals surface area contributed by atoms with E-state index in [1.807, 2.05) is 42.5 Å². The second kappa shape index (κ2) is 4.79. The van der Waals surface area contributed by atoms with Crippen molar-refractivity contribution in [2.75, 3.05) is 6.54 Å². The van der Waals surface area contributed by atoms with E-state index in [1.54, 1.807) is 0 Å². The van der Waals surface area contributed by atoms with E-state index in [9.17, 15) is 4.79 Å². The van der Waals surface area contributed by atoms with Gasteiger partial charge in [0.1, 0.15) is 11.6 Å². The fraction of sp³-hybridized carbons (Fsp3) is 0.188. The van der Waals surface area contributed by atoms with E-state index in [-0.39, 0.29) is 11.9 Å². The normalized spacial score (nSPS) is 17.6. The fourth-order valence-corrected chi connectivity index (χ4v) is 2.88. The van der Waals surface area contributed by atoms with Crippen LogP contribution in [0.4, 0.5) is 0 Å². The molecule has 3 aromatic rings. The first-order chi connectivity index (χ1) is 10.3. The molecule has 0 saturated carbocycles. The van der Waals surface area contributed by atoms with Gasteiger partial charge in [0.25, 0.3) is 5.91 Å². The first kappa shape index (κ1) is 12.2. The predicted octanol–water partition coefficient (Wildman–Crippen LogP) is 1.96. The summed E-state index contributed by atoms with van der Waals surface area (Å²) >= 11 is 0. The van der Waals surface area contributed by atoms with Crippen molar-refractivity contribution in [3.63, 3.8) is 0 Å². The Bertz CT molecular complexity index is 824. The summed E-state index contributed by atoms with van der Waals surface area (Å²) in [5.41, 5.74) is 3.73. The number of fused-ring (bicyclic) bond motifs is 2. The molecule has 0 bridgehead atoms. The minimum absolute atomic E-state index is 0.0872. The summed E-state index contributed by atoms with van der Waals surface area (Å²) in [6.07, 6.45) is 0.943. The van der Waals surface area contributed by atoms with E-state index in [2.05, 4.69) is 21.7 Å². The highest BCUT2D eigenvalue weighted by Crippen LogP contribution is 2.24. The van der Waals surface area contributed by atoms with Crippen molar-refractivity contribution in [1.82, 2.24) is 20.3 Å². The van der Waals surface area contributed by atoms with Crippen LogP contribution in [-0.4, -0.2) is 27.4 Å². The third kappa shape index (κ3) is 1.94. The number of para-hydroxylation sites is 1. The van der Waals surface area contributed by atoms with Crippen LogP contribution in [0.25, 0.3) is 11.0 Å². The number of benzene rings is 2. The third-order valence-electron chi connectivity index (χ3n) is 3.92. The van der Waals surface area contributed by atoms with Crippen LogP contribution in [0.3, 0.4) is 0 Å². The van der Waals surface area contributed by atoms with E-state index in [0.717, 1.165) is 29.6 Å². The highest BCUT2D eigenvalue weighted by Gasteiger charge is 2.28. The standard InChI is InChI=1S/C16H14N4O/c21-16(20-14-8-4-3-7-13(14)18-19-20)15-12-6-2-1-5-11(12)9-10-17-15/h1-8,15,17H,9-10H2. The Labute approximate surface area is 121 Å². The summed E-state index contributed by atoms with van der Waals surface area (Å²) in [6.45, 7) is 0.792. The molecule has 5 heteroatoms. The first-order valence-corrected chi connectivity index (χ1v) is 7.00. The van der Waals surface area contributed by atoms with Gasteiger partial charge in [0, 0.05) is 6.54 Å². The summed E-state index contributed by atoms with van der Waals surface area (Å²) in [7, 11) is 0. The van der Waals surface area contributed by atoms with Gasteiger partial charge in [0.15, 0.2) is 0 Å². The van der Waals surface area contributed by atoms with Crippen LogP contribution in [0.2, 0.25) is 0 Å². The monoisotopic (exact) mass is 278 g/mol. The smallest absolute Gasteiger partial charge is 0.270 e. The summed E-state index contributed by atoms with van der Waals surface area (Å²) in [5, 5.41) is 11.4. The van der Waals surface area contributed by atoms with Crippen LogP contribution in [-0.2, 0) is 6.42 Å². The van der Waals surface area contributed by atoms with Gasteiger partial charge in [-0.1, -0.05) is 41.6 Å². The lowest BCUT2D eigenvalue weighted by Crippen LogP contribution is -2.38. The number of nitrogens with zero attached hydrogens (tertiary/aromatic N) is 3. The average Bonchev–Trinajstić information content (AvgIpc) is 2.98. The number of hydrogen-bond acceptors (Lipinski definition) is 4. The number of rotatable bonds is 1. The molecule has 0 aliphatic carbocycles. The van der Waals surface area contributed by atoms with Gasteiger partial charge in [-0.15, -0.1) is 5.10 Å². The lowest BCUT2D eigenvalue weighted by molar-refractivity contribution is 0.0842. The zero-order chi connectivity index (χ0) is 14.2. The van der Waals surface area contributed by atoms with E-state index in [0.29, 0.717) is 0 Å². The second-order valence-corrected chi connectivity index (χ2v) is 5.16. The molecule has 0 saturated heterocycles. The molecule has 4 rings (SSSR count). The zero-order valence-electron chi connectivity index (χ0n) is 11.4. The van der Waals surface area contributed by atoms with Crippen molar-refractivity contribution in [3.05, 3.63) is 59.7 Å². The molecule has 0 fully saturated rings. The summed E-state index contributed by atoms with van der Waals surface area (Å²) in [5.74, 6) is -0.0872. The Morgan fingerprint density at radius 1 is 1.14 bits per heavy atom. The van der Waals surface area contributed by atoms with Gasteiger partial charge < -0.3 is 5.32 Å². The van der Waals surface area contributed by atoms with Crippen LogP contribution < -0.4 is 5.32 Å². The van der Waals surface area contributed by atoms with E-state index in [4.69, 9.17) is 0 Å². The van der Waals surface area contributed by atoms with Crippen molar-refractivity contribution in [2.45, 2.75) is 12.5 Å². The molecule has 0 spiro atoms. The molecule has 5 nitrogen and oxygen atoms in total. The number of carbonyl (C=O) groups is 1. The van der Waals surface area contributed by atoms with Crippen LogP contribution in [0.15, 0.2) is 48.5 Å². The van der Waals surface area contributed by atoms with Crippen molar-refractivity contribution < 1.29 is 4.79 Å². The lowest BCUT2D eigenvalue weighted by atomic mass is 9.94. The Balaban J connectivity index is 1.79. The van der Waals surface area contributed by atoms with Crippen LogP contribution in [0.5, 0.6) is 0 Å². The minimum atomic E-state index is -0.361. The Hall–Kier alpha value is -2.53. The van der Waals surface area contributed by atoms with E-state index >= 15 is 0 Å². The summed E-state index contributed by atoms with van der Waals surface area (Å²) < 4.78 is 1.40. The molecule has 1 aliphatic rings. The molecule has 21 heavy (non-hydrogen) atoms.